The number of anilines is 1. The molecule has 0 atom stereocenters. The highest BCUT2D eigenvalue weighted by atomic mass is 15.1. The van der Waals surface area contributed by atoms with Crippen molar-refractivity contribution in [1.82, 2.24) is 9.55 Å². The average molecular weight is 339 g/mol. The highest BCUT2D eigenvalue weighted by Crippen LogP contribution is 2.41. The lowest BCUT2D eigenvalue weighted by molar-refractivity contribution is 0.775. The van der Waals surface area contributed by atoms with E-state index in [0.29, 0.717) is 6.04 Å². The number of rotatable bonds is 5. The van der Waals surface area contributed by atoms with Crippen LogP contribution in [0.2, 0.25) is 0 Å². The van der Waals surface area contributed by atoms with E-state index < -0.39 is 0 Å². The molecule has 0 saturated heterocycles. The van der Waals surface area contributed by atoms with E-state index in [0.717, 1.165) is 23.6 Å². The number of imidazole rings is 1. The minimum absolute atomic E-state index is 0.583. The van der Waals surface area contributed by atoms with Crippen LogP contribution in [-0.4, -0.2) is 9.55 Å². The molecule has 4 aromatic rings. The van der Waals surface area contributed by atoms with Crippen molar-refractivity contribution in [2.45, 2.75) is 25.4 Å². The van der Waals surface area contributed by atoms with E-state index >= 15 is 0 Å². The van der Waals surface area contributed by atoms with E-state index in [1.54, 1.807) is 0 Å². The van der Waals surface area contributed by atoms with Crippen molar-refractivity contribution < 1.29 is 0 Å². The van der Waals surface area contributed by atoms with Gasteiger partial charge in [-0.15, -0.1) is 0 Å². The molecule has 1 N–H and O–H groups in total. The molecule has 3 aromatic carbocycles. The highest BCUT2D eigenvalue weighted by Gasteiger charge is 2.28. The molecule has 5 rings (SSSR count). The Morgan fingerprint density at radius 3 is 2.35 bits per heavy atom. The fraction of sp³-hybridized carbons (Fsp3) is 0.174. The van der Waals surface area contributed by atoms with Crippen molar-refractivity contribution >= 4 is 16.7 Å². The molecule has 0 radical (unpaired) electrons. The second kappa shape index (κ2) is 6.34. The molecule has 1 fully saturated rings. The number of nitrogens with one attached hydrogen (secondary N) is 1. The Labute approximate surface area is 153 Å². The molecular formula is C23H21N3. The summed E-state index contributed by atoms with van der Waals surface area (Å²) in [7, 11) is 0. The van der Waals surface area contributed by atoms with Gasteiger partial charge in [0.05, 0.1) is 11.0 Å². The van der Waals surface area contributed by atoms with Crippen molar-refractivity contribution in [3.05, 3.63) is 84.4 Å². The van der Waals surface area contributed by atoms with Gasteiger partial charge in [0.25, 0.3) is 0 Å². The molecule has 0 bridgehead atoms. The molecule has 0 unspecified atom stereocenters. The summed E-state index contributed by atoms with van der Waals surface area (Å²) >= 11 is 0. The maximum Gasteiger partial charge on any atom is 0.141 e. The first-order chi connectivity index (χ1) is 12.9. The highest BCUT2D eigenvalue weighted by molar-refractivity contribution is 5.84. The summed E-state index contributed by atoms with van der Waals surface area (Å²) in [5.74, 6) is 1.09. The summed E-state index contributed by atoms with van der Waals surface area (Å²) in [5.41, 5.74) is 5.91. The lowest BCUT2D eigenvalue weighted by Gasteiger charge is -2.10. The van der Waals surface area contributed by atoms with Crippen LogP contribution in [0.5, 0.6) is 0 Å². The Morgan fingerprint density at radius 1 is 0.885 bits per heavy atom. The molecule has 0 aliphatic heterocycles. The minimum Gasteiger partial charge on any atom is -0.381 e. The van der Waals surface area contributed by atoms with Gasteiger partial charge in [0, 0.05) is 23.8 Å². The summed E-state index contributed by atoms with van der Waals surface area (Å²) < 4.78 is 2.43. The van der Waals surface area contributed by atoms with Gasteiger partial charge in [-0.05, 0) is 36.6 Å². The molecule has 3 nitrogen and oxygen atoms in total. The third-order valence-electron chi connectivity index (χ3n) is 4.97. The van der Waals surface area contributed by atoms with Gasteiger partial charge in [-0.1, -0.05) is 60.7 Å². The fourth-order valence-corrected chi connectivity index (χ4v) is 3.50. The van der Waals surface area contributed by atoms with E-state index in [-0.39, 0.29) is 0 Å². The van der Waals surface area contributed by atoms with Gasteiger partial charge >= 0.3 is 0 Å². The molecule has 1 heterocycles. The van der Waals surface area contributed by atoms with E-state index in [1.807, 2.05) is 0 Å². The molecule has 1 saturated carbocycles. The van der Waals surface area contributed by atoms with E-state index in [9.17, 15) is 0 Å². The minimum atomic E-state index is 0.583. The topological polar surface area (TPSA) is 29.9 Å². The Balaban J connectivity index is 1.52. The van der Waals surface area contributed by atoms with Crippen LogP contribution in [0.4, 0.5) is 5.69 Å². The van der Waals surface area contributed by atoms with Gasteiger partial charge in [-0.2, -0.15) is 0 Å². The van der Waals surface area contributed by atoms with Gasteiger partial charge in [0.15, 0.2) is 0 Å². The van der Waals surface area contributed by atoms with Crippen LogP contribution in [-0.2, 0) is 6.54 Å². The van der Waals surface area contributed by atoms with E-state index in [4.69, 9.17) is 4.98 Å². The maximum absolute atomic E-state index is 4.94. The maximum atomic E-state index is 4.94. The molecule has 1 aromatic heterocycles. The van der Waals surface area contributed by atoms with Crippen LogP contribution in [0.1, 0.15) is 24.4 Å². The summed E-state index contributed by atoms with van der Waals surface area (Å²) in [5, 5.41) is 3.55. The van der Waals surface area contributed by atoms with E-state index in [2.05, 4.69) is 88.7 Å². The standard InChI is InChI=1S/C23H21N3/c1-3-7-17(8-4-1)16-24-19-11-14-21-22(15-19)26(20-12-13-20)23(25-21)18-9-5-2-6-10-18/h1-11,14-15,20,24H,12-13,16H2. The summed E-state index contributed by atoms with van der Waals surface area (Å²) in [6.07, 6.45) is 2.49. The van der Waals surface area contributed by atoms with E-state index in [1.165, 1.54) is 29.5 Å². The van der Waals surface area contributed by atoms with Crippen LogP contribution >= 0.6 is 0 Å². The lowest BCUT2D eigenvalue weighted by Crippen LogP contribution is -2.00. The third-order valence-corrected chi connectivity index (χ3v) is 4.97. The molecule has 128 valence electrons. The molecule has 1 aliphatic carbocycles. The van der Waals surface area contributed by atoms with Crippen LogP contribution in [0.25, 0.3) is 22.4 Å². The second-order valence-corrected chi connectivity index (χ2v) is 6.95. The molecule has 0 amide bonds. The smallest absolute Gasteiger partial charge is 0.141 e. The van der Waals surface area contributed by atoms with Crippen LogP contribution in [0.15, 0.2) is 78.9 Å². The monoisotopic (exact) mass is 339 g/mol. The quantitative estimate of drug-likeness (QED) is 0.509. The number of aromatic nitrogens is 2. The second-order valence-electron chi connectivity index (χ2n) is 6.95. The summed E-state index contributed by atoms with van der Waals surface area (Å²) in [6, 6.07) is 28.1. The first-order valence-corrected chi connectivity index (χ1v) is 9.24. The zero-order valence-corrected chi connectivity index (χ0v) is 14.6. The molecule has 1 aliphatic rings. The third kappa shape index (κ3) is 2.86. The molecule has 0 spiro atoms. The summed E-state index contributed by atoms with van der Waals surface area (Å²) in [6.45, 7) is 0.829. The van der Waals surface area contributed by atoms with Crippen molar-refractivity contribution in [3.63, 3.8) is 0 Å². The van der Waals surface area contributed by atoms with Crippen molar-refractivity contribution in [2.24, 2.45) is 0 Å². The number of fused-ring (bicyclic) bond motifs is 1. The van der Waals surface area contributed by atoms with Crippen molar-refractivity contribution in [1.29, 1.82) is 0 Å². The predicted molar refractivity (Wildman–Crippen MR) is 107 cm³/mol. The van der Waals surface area contributed by atoms with Gasteiger partial charge < -0.3 is 9.88 Å². The average Bonchev–Trinajstić information content (AvgIpc) is 3.47. The number of hydrogen-bond donors (Lipinski definition) is 1. The summed E-state index contributed by atoms with van der Waals surface area (Å²) in [4.78, 5) is 4.94. The number of hydrogen-bond acceptors (Lipinski definition) is 2. The van der Waals surface area contributed by atoms with Gasteiger partial charge in [0.1, 0.15) is 5.82 Å². The van der Waals surface area contributed by atoms with Crippen molar-refractivity contribution in [3.8, 4) is 11.4 Å². The number of nitrogens with zero attached hydrogens (tertiary/aromatic N) is 2. The van der Waals surface area contributed by atoms with Gasteiger partial charge in [0.2, 0.25) is 0 Å². The Morgan fingerprint density at radius 2 is 1.62 bits per heavy atom. The normalized spacial score (nSPS) is 13.8. The van der Waals surface area contributed by atoms with Gasteiger partial charge in [-0.3, -0.25) is 0 Å². The molecule has 3 heteroatoms. The SMILES string of the molecule is c1ccc(CNc2ccc3nc(-c4ccccc4)n(C4CC4)c3c2)cc1. The first kappa shape index (κ1) is 15.2. The Bertz CT molecular complexity index is 1030. The lowest BCUT2D eigenvalue weighted by atomic mass is 10.2. The molecule has 26 heavy (non-hydrogen) atoms. The van der Waals surface area contributed by atoms with Crippen LogP contribution in [0.3, 0.4) is 0 Å². The zero-order chi connectivity index (χ0) is 17.3. The largest absolute Gasteiger partial charge is 0.381 e. The first-order valence-electron chi connectivity index (χ1n) is 9.24. The van der Waals surface area contributed by atoms with Crippen LogP contribution in [0, 0.1) is 0 Å². The van der Waals surface area contributed by atoms with Crippen molar-refractivity contribution in [2.75, 3.05) is 5.32 Å². The van der Waals surface area contributed by atoms with Gasteiger partial charge in [-0.25, -0.2) is 4.98 Å². The predicted octanol–water partition coefficient (Wildman–Crippen LogP) is 5.65. The Kier molecular flexibility index (Phi) is 3.71. The van der Waals surface area contributed by atoms with Crippen LogP contribution < -0.4 is 5.32 Å². The number of benzene rings is 3. The fourth-order valence-electron chi connectivity index (χ4n) is 3.50. The zero-order valence-electron chi connectivity index (χ0n) is 14.6. The Hall–Kier alpha value is -3.07. The molecular weight excluding hydrogens is 318 g/mol.